The van der Waals surface area contributed by atoms with Gasteiger partial charge in [-0.3, -0.25) is 4.79 Å². The first-order chi connectivity index (χ1) is 6.74. The fraction of sp³-hybridized carbons (Fsp3) is 0.900. The summed E-state index contributed by atoms with van der Waals surface area (Å²) in [7, 11) is 1.42. The van der Waals surface area contributed by atoms with Gasteiger partial charge in [-0.1, -0.05) is 6.42 Å². The Bertz CT molecular complexity index is 179. The number of esters is 1. The molecule has 0 aromatic carbocycles. The molecule has 0 saturated carbocycles. The predicted molar refractivity (Wildman–Crippen MR) is 55.1 cm³/mol. The van der Waals surface area contributed by atoms with Gasteiger partial charge in [-0.25, -0.2) is 0 Å². The minimum Gasteiger partial charge on any atom is -0.468 e. The van der Waals surface area contributed by atoms with Gasteiger partial charge in [-0.15, -0.1) is 0 Å². The number of carbonyl (C=O) groups is 1. The minimum absolute atomic E-state index is 0.194. The van der Waals surface area contributed by atoms with Crippen molar-refractivity contribution in [2.24, 2.45) is 0 Å². The number of ether oxygens (including phenoxy) is 1. The summed E-state index contributed by atoms with van der Waals surface area (Å²) in [6.07, 6.45) is 3.75. The van der Waals surface area contributed by atoms with Gasteiger partial charge in [0, 0.05) is 12.6 Å². The van der Waals surface area contributed by atoms with E-state index in [-0.39, 0.29) is 12.0 Å². The zero-order chi connectivity index (χ0) is 10.4. The van der Waals surface area contributed by atoms with Gasteiger partial charge in [-0.2, -0.15) is 0 Å². The molecule has 0 spiro atoms. The largest absolute Gasteiger partial charge is 0.468 e. The third-order valence-corrected chi connectivity index (χ3v) is 2.64. The average Bonchev–Trinajstić information content (AvgIpc) is 2.26. The molecular formula is C10H20N2O2. The Kier molecular flexibility index (Phi) is 4.90. The van der Waals surface area contributed by atoms with Crippen molar-refractivity contribution in [2.45, 2.75) is 38.3 Å². The minimum atomic E-state index is -0.205. The molecule has 1 aliphatic rings. The summed E-state index contributed by atoms with van der Waals surface area (Å²) in [5.74, 6) is -0.194. The van der Waals surface area contributed by atoms with Gasteiger partial charge < -0.3 is 15.4 Å². The summed E-state index contributed by atoms with van der Waals surface area (Å²) >= 11 is 0. The Morgan fingerprint density at radius 1 is 1.64 bits per heavy atom. The second-order valence-corrected chi connectivity index (χ2v) is 3.80. The monoisotopic (exact) mass is 200 g/mol. The number of hydrogen-bond acceptors (Lipinski definition) is 4. The fourth-order valence-corrected chi connectivity index (χ4v) is 1.68. The van der Waals surface area contributed by atoms with Gasteiger partial charge >= 0.3 is 5.97 Å². The molecule has 0 bridgehead atoms. The first kappa shape index (κ1) is 11.5. The van der Waals surface area contributed by atoms with Crippen molar-refractivity contribution in [1.82, 2.24) is 10.6 Å². The van der Waals surface area contributed by atoms with Crippen LogP contribution in [0.1, 0.15) is 26.2 Å². The van der Waals surface area contributed by atoms with E-state index in [9.17, 15) is 4.79 Å². The first-order valence-corrected chi connectivity index (χ1v) is 5.28. The number of methoxy groups -OCH3 is 1. The van der Waals surface area contributed by atoms with Gasteiger partial charge in [0.05, 0.1) is 7.11 Å². The van der Waals surface area contributed by atoms with Crippen molar-refractivity contribution in [3.05, 3.63) is 0 Å². The van der Waals surface area contributed by atoms with Gasteiger partial charge in [0.25, 0.3) is 0 Å². The van der Waals surface area contributed by atoms with Crippen LogP contribution >= 0.6 is 0 Å². The van der Waals surface area contributed by atoms with E-state index >= 15 is 0 Å². The van der Waals surface area contributed by atoms with Crippen molar-refractivity contribution in [3.63, 3.8) is 0 Å². The molecule has 0 aromatic rings. The summed E-state index contributed by atoms with van der Waals surface area (Å²) in [4.78, 5) is 11.1. The molecule has 1 aliphatic heterocycles. The molecule has 4 heteroatoms. The van der Waals surface area contributed by atoms with Crippen molar-refractivity contribution < 1.29 is 9.53 Å². The Balaban J connectivity index is 2.15. The molecule has 0 amide bonds. The summed E-state index contributed by atoms with van der Waals surface area (Å²) in [5, 5.41) is 6.58. The van der Waals surface area contributed by atoms with Crippen molar-refractivity contribution >= 4 is 5.97 Å². The lowest BCUT2D eigenvalue weighted by molar-refractivity contribution is -0.142. The molecule has 0 aliphatic carbocycles. The highest BCUT2D eigenvalue weighted by molar-refractivity contribution is 5.75. The molecule has 2 atom stereocenters. The maximum atomic E-state index is 11.1. The molecule has 1 unspecified atom stereocenters. The SMILES string of the molecule is COC(=O)[C@H](C)NCC1CCCCN1. The van der Waals surface area contributed by atoms with E-state index in [1.165, 1.54) is 26.4 Å². The zero-order valence-electron chi connectivity index (χ0n) is 9.01. The van der Waals surface area contributed by atoms with Crippen LogP contribution in [0.15, 0.2) is 0 Å². The lowest BCUT2D eigenvalue weighted by Crippen LogP contribution is -2.46. The van der Waals surface area contributed by atoms with Crippen LogP contribution in [0.5, 0.6) is 0 Å². The molecule has 0 radical (unpaired) electrons. The van der Waals surface area contributed by atoms with Crippen molar-refractivity contribution in [3.8, 4) is 0 Å². The van der Waals surface area contributed by atoms with E-state index in [1.54, 1.807) is 0 Å². The van der Waals surface area contributed by atoms with Gasteiger partial charge in [0.1, 0.15) is 6.04 Å². The first-order valence-electron chi connectivity index (χ1n) is 5.28. The van der Waals surface area contributed by atoms with Crippen LogP contribution in [0.25, 0.3) is 0 Å². The van der Waals surface area contributed by atoms with Gasteiger partial charge in [0.2, 0.25) is 0 Å². The highest BCUT2D eigenvalue weighted by atomic mass is 16.5. The molecule has 1 heterocycles. The lowest BCUT2D eigenvalue weighted by Gasteiger charge is -2.24. The molecule has 4 nitrogen and oxygen atoms in total. The Labute approximate surface area is 85.4 Å². The Hall–Kier alpha value is -0.610. The summed E-state index contributed by atoms with van der Waals surface area (Å²) in [6, 6.07) is 0.305. The van der Waals surface area contributed by atoms with Crippen LogP contribution in [0.2, 0.25) is 0 Å². The quantitative estimate of drug-likeness (QED) is 0.640. The van der Waals surface area contributed by atoms with E-state index in [4.69, 9.17) is 0 Å². The number of hydrogen-bond donors (Lipinski definition) is 2. The molecule has 0 aromatic heterocycles. The molecule has 1 saturated heterocycles. The third kappa shape index (κ3) is 3.64. The van der Waals surface area contributed by atoms with E-state index in [0.29, 0.717) is 6.04 Å². The highest BCUT2D eigenvalue weighted by Crippen LogP contribution is 2.05. The molecule has 2 N–H and O–H groups in total. The van der Waals surface area contributed by atoms with Crippen molar-refractivity contribution in [1.29, 1.82) is 0 Å². The van der Waals surface area contributed by atoms with Crippen LogP contribution in [0.3, 0.4) is 0 Å². The number of nitrogens with one attached hydrogen (secondary N) is 2. The Morgan fingerprint density at radius 2 is 2.43 bits per heavy atom. The van der Waals surface area contributed by atoms with Crippen molar-refractivity contribution in [2.75, 3.05) is 20.2 Å². The molecular weight excluding hydrogens is 180 g/mol. The summed E-state index contributed by atoms with van der Waals surface area (Å²) in [6.45, 7) is 3.77. The summed E-state index contributed by atoms with van der Waals surface area (Å²) in [5.41, 5.74) is 0. The van der Waals surface area contributed by atoms with Crippen LogP contribution in [-0.2, 0) is 9.53 Å². The molecule has 1 fully saturated rings. The van der Waals surface area contributed by atoms with E-state index in [1.807, 2.05) is 6.92 Å². The van der Waals surface area contributed by atoms with E-state index in [2.05, 4.69) is 15.4 Å². The normalized spacial score (nSPS) is 24.3. The van der Waals surface area contributed by atoms with Crippen LogP contribution in [0.4, 0.5) is 0 Å². The highest BCUT2D eigenvalue weighted by Gasteiger charge is 2.16. The zero-order valence-corrected chi connectivity index (χ0v) is 9.01. The van der Waals surface area contributed by atoms with Gasteiger partial charge in [0.15, 0.2) is 0 Å². The predicted octanol–water partition coefficient (Wildman–Crippen LogP) is 0.280. The molecule has 1 rings (SSSR count). The number of piperidine rings is 1. The summed E-state index contributed by atoms with van der Waals surface area (Å²) < 4.78 is 4.63. The smallest absolute Gasteiger partial charge is 0.322 e. The standard InChI is InChI=1S/C10H20N2O2/c1-8(10(13)14-2)12-7-9-5-3-4-6-11-9/h8-9,11-12H,3-7H2,1-2H3/t8-,9?/m0/s1. The van der Waals surface area contributed by atoms with E-state index in [0.717, 1.165) is 13.1 Å². The second-order valence-electron chi connectivity index (χ2n) is 3.80. The molecule has 14 heavy (non-hydrogen) atoms. The van der Waals surface area contributed by atoms with Crippen LogP contribution < -0.4 is 10.6 Å². The fourth-order valence-electron chi connectivity index (χ4n) is 1.68. The van der Waals surface area contributed by atoms with E-state index < -0.39 is 0 Å². The molecule has 82 valence electrons. The Morgan fingerprint density at radius 3 is 3.00 bits per heavy atom. The average molecular weight is 200 g/mol. The number of rotatable bonds is 4. The lowest BCUT2D eigenvalue weighted by atomic mass is 10.0. The van der Waals surface area contributed by atoms with Gasteiger partial charge in [-0.05, 0) is 26.3 Å². The maximum Gasteiger partial charge on any atom is 0.322 e. The van der Waals surface area contributed by atoms with Crippen LogP contribution in [0, 0.1) is 0 Å². The third-order valence-electron chi connectivity index (χ3n) is 2.64. The van der Waals surface area contributed by atoms with Crippen LogP contribution in [-0.4, -0.2) is 38.3 Å². The maximum absolute atomic E-state index is 11.1. The topological polar surface area (TPSA) is 50.4 Å². The second kappa shape index (κ2) is 5.98. The number of carbonyl (C=O) groups excluding carboxylic acids is 1.